The van der Waals surface area contributed by atoms with Crippen LogP contribution in [-0.4, -0.2) is 24.5 Å². The number of nitrogen functional groups attached to an aromatic ring is 1. The molecule has 2 N–H and O–H groups in total. The number of fused-ring (bicyclic) bond motifs is 7. The van der Waals surface area contributed by atoms with E-state index in [9.17, 15) is 4.39 Å². The van der Waals surface area contributed by atoms with E-state index >= 15 is 0 Å². The Kier molecular flexibility index (Phi) is 4.50. The SMILES string of the molecule is CCn1ncc2c1-c1cnc(N)c(c1)O[C@H](C)c1cc(F)ccc1-c1nn(C)cc1C2. The lowest BCUT2D eigenvalue weighted by Crippen LogP contribution is -2.10. The molecule has 8 heteroatoms. The van der Waals surface area contributed by atoms with E-state index in [1.807, 2.05) is 44.0 Å². The van der Waals surface area contributed by atoms with Crippen molar-refractivity contribution in [2.75, 3.05) is 5.73 Å². The average Bonchev–Trinajstić information content (AvgIpc) is 3.32. The Balaban J connectivity index is 1.81. The lowest BCUT2D eigenvalue weighted by Gasteiger charge is -2.21. The Bertz CT molecular complexity index is 1290. The van der Waals surface area contributed by atoms with E-state index in [4.69, 9.17) is 15.6 Å². The molecule has 0 saturated heterocycles. The van der Waals surface area contributed by atoms with Gasteiger partial charge in [-0.25, -0.2) is 9.37 Å². The highest BCUT2D eigenvalue weighted by atomic mass is 19.1. The Morgan fingerprint density at radius 2 is 2.06 bits per heavy atom. The summed E-state index contributed by atoms with van der Waals surface area (Å²) in [6.45, 7) is 4.64. The molecule has 1 aliphatic rings. The maximum Gasteiger partial charge on any atom is 0.166 e. The van der Waals surface area contributed by atoms with Crippen LogP contribution in [0.25, 0.3) is 22.5 Å². The fourth-order valence-corrected chi connectivity index (χ4v) is 4.25. The molecule has 0 spiro atoms. The summed E-state index contributed by atoms with van der Waals surface area (Å²) in [5.41, 5.74) is 12.4. The van der Waals surface area contributed by atoms with Crippen LogP contribution in [-0.2, 0) is 20.0 Å². The number of ether oxygens (including phenoxy) is 1. The van der Waals surface area contributed by atoms with Crippen LogP contribution in [0.4, 0.5) is 10.2 Å². The van der Waals surface area contributed by atoms with Crippen LogP contribution in [0.3, 0.4) is 0 Å². The fraction of sp³-hybridized carbons (Fsp3) is 0.261. The highest BCUT2D eigenvalue weighted by Gasteiger charge is 2.24. The van der Waals surface area contributed by atoms with E-state index in [0.717, 1.165) is 33.6 Å². The molecule has 158 valence electrons. The van der Waals surface area contributed by atoms with Gasteiger partial charge in [0.1, 0.15) is 11.9 Å². The Hall–Kier alpha value is -3.68. The first kappa shape index (κ1) is 19.3. The van der Waals surface area contributed by atoms with Crippen molar-refractivity contribution in [1.82, 2.24) is 24.5 Å². The molecular weight excluding hydrogens is 395 g/mol. The normalized spacial score (nSPS) is 15.2. The molecule has 31 heavy (non-hydrogen) atoms. The number of benzene rings is 1. The third-order valence-electron chi connectivity index (χ3n) is 5.67. The Labute approximate surface area is 179 Å². The van der Waals surface area contributed by atoms with E-state index in [1.165, 1.54) is 12.1 Å². The standard InChI is InChI=1S/C23H23FN6O/c1-4-30-22-14(11-27-30)7-16-12-29(3)28-21(16)18-6-5-17(24)9-19(18)13(2)31-20-8-15(22)10-26-23(20)25/h5-6,8-13H,4,7H2,1-3H3,(H2,25,26)/t13-/m1/s1. The number of aryl methyl sites for hydroxylation is 2. The number of halogens is 1. The van der Waals surface area contributed by atoms with Crippen molar-refractivity contribution >= 4 is 5.82 Å². The van der Waals surface area contributed by atoms with Gasteiger partial charge in [-0.05, 0) is 38.1 Å². The van der Waals surface area contributed by atoms with Gasteiger partial charge in [-0.15, -0.1) is 0 Å². The third kappa shape index (κ3) is 3.24. The summed E-state index contributed by atoms with van der Waals surface area (Å²) in [6.07, 6.45) is 5.79. The zero-order chi connectivity index (χ0) is 21.7. The van der Waals surface area contributed by atoms with Crippen LogP contribution in [0, 0.1) is 5.82 Å². The predicted octanol–water partition coefficient (Wildman–Crippen LogP) is 4.13. The van der Waals surface area contributed by atoms with Crippen LogP contribution in [0.5, 0.6) is 5.75 Å². The van der Waals surface area contributed by atoms with Gasteiger partial charge < -0.3 is 10.5 Å². The van der Waals surface area contributed by atoms with Crippen molar-refractivity contribution in [3.63, 3.8) is 0 Å². The molecule has 1 aliphatic heterocycles. The first-order chi connectivity index (χ1) is 14.9. The summed E-state index contributed by atoms with van der Waals surface area (Å²) in [5, 5.41) is 9.28. The average molecular weight is 418 g/mol. The second-order valence-corrected chi connectivity index (χ2v) is 7.79. The molecule has 0 radical (unpaired) electrons. The summed E-state index contributed by atoms with van der Waals surface area (Å²) < 4.78 is 24.2. The number of hydrogen-bond acceptors (Lipinski definition) is 5. The lowest BCUT2D eigenvalue weighted by atomic mass is 9.95. The third-order valence-corrected chi connectivity index (χ3v) is 5.67. The molecule has 1 aromatic carbocycles. The first-order valence-corrected chi connectivity index (χ1v) is 10.2. The fourth-order valence-electron chi connectivity index (χ4n) is 4.25. The van der Waals surface area contributed by atoms with Crippen molar-refractivity contribution in [2.45, 2.75) is 32.9 Å². The van der Waals surface area contributed by atoms with Gasteiger partial charge in [-0.2, -0.15) is 10.2 Å². The van der Waals surface area contributed by atoms with Gasteiger partial charge in [-0.1, -0.05) is 0 Å². The van der Waals surface area contributed by atoms with Crippen molar-refractivity contribution in [2.24, 2.45) is 7.05 Å². The minimum absolute atomic E-state index is 0.285. The molecule has 1 atom stereocenters. The number of pyridine rings is 1. The number of rotatable bonds is 1. The minimum atomic E-state index is -0.463. The molecule has 7 nitrogen and oxygen atoms in total. The molecule has 3 aromatic heterocycles. The minimum Gasteiger partial charge on any atom is -0.482 e. The summed E-state index contributed by atoms with van der Waals surface area (Å²) >= 11 is 0. The monoisotopic (exact) mass is 418 g/mol. The molecule has 0 amide bonds. The maximum absolute atomic E-state index is 14.2. The summed E-state index contributed by atoms with van der Waals surface area (Å²) in [5.74, 6) is 0.412. The van der Waals surface area contributed by atoms with Crippen molar-refractivity contribution in [3.05, 3.63) is 65.4 Å². The molecular formula is C23H23FN6O. The zero-order valence-electron chi connectivity index (χ0n) is 17.6. The van der Waals surface area contributed by atoms with Crippen LogP contribution < -0.4 is 10.5 Å². The van der Waals surface area contributed by atoms with Gasteiger partial charge in [0.25, 0.3) is 0 Å². The van der Waals surface area contributed by atoms with E-state index < -0.39 is 6.10 Å². The summed E-state index contributed by atoms with van der Waals surface area (Å²) in [7, 11) is 1.89. The molecule has 4 aromatic rings. The quantitative estimate of drug-likeness (QED) is 0.502. The second kappa shape index (κ2) is 7.23. The van der Waals surface area contributed by atoms with Crippen molar-refractivity contribution in [3.8, 4) is 28.3 Å². The van der Waals surface area contributed by atoms with Gasteiger partial charge in [0, 0.05) is 60.2 Å². The topological polar surface area (TPSA) is 83.8 Å². The molecule has 2 bridgehead atoms. The lowest BCUT2D eigenvalue weighted by molar-refractivity contribution is 0.227. The van der Waals surface area contributed by atoms with Crippen molar-refractivity contribution < 1.29 is 9.13 Å². The van der Waals surface area contributed by atoms with E-state index in [2.05, 4.69) is 10.1 Å². The molecule has 0 saturated carbocycles. The zero-order valence-corrected chi connectivity index (χ0v) is 17.6. The smallest absolute Gasteiger partial charge is 0.166 e. The number of anilines is 1. The van der Waals surface area contributed by atoms with Gasteiger partial charge in [0.05, 0.1) is 17.6 Å². The first-order valence-electron chi connectivity index (χ1n) is 10.2. The number of nitrogens with zero attached hydrogens (tertiary/aromatic N) is 5. The van der Waals surface area contributed by atoms with Gasteiger partial charge >= 0.3 is 0 Å². The van der Waals surface area contributed by atoms with Crippen LogP contribution in [0.15, 0.2) is 42.9 Å². The molecule has 0 fully saturated rings. The summed E-state index contributed by atoms with van der Waals surface area (Å²) in [4.78, 5) is 4.36. The maximum atomic E-state index is 14.2. The van der Waals surface area contributed by atoms with Crippen LogP contribution >= 0.6 is 0 Å². The van der Waals surface area contributed by atoms with Gasteiger partial charge in [0.2, 0.25) is 0 Å². The Morgan fingerprint density at radius 1 is 1.23 bits per heavy atom. The highest BCUT2D eigenvalue weighted by molar-refractivity contribution is 5.71. The molecule has 5 rings (SSSR count). The molecule has 0 aliphatic carbocycles. The molecule has 0 unspecified atom stereocenters. The van der Waals surface area contributed by atoms with E-state index in [0.29, 0.717) is 24.3 Å². The van der Waals surface area contributed by atoms with Crippen LogP contribution in [0.1, 0.15) is 36.6 Å². The second-order valence-electron chi connectivity index (χ2n) is 7.79. The number of nitrogens with two attached hydrogens (primary N) is 1. The van der Waals surface area contributed by atoms with E-state index in [1.54, 1.807) is 16.9 Å². The number of hydrogen-bond donors (Lipinski definition) is 1. The van der Waals surface area contributed by atoms with Gasteiger partial charge in [-0.3, -0.25) is 9.36 Å². The molecule has 4 heterocycles. The van der Waals surface area contributed by atoms with Crippen molar-refractivity contribution in [1.29, 1.82) is 0 Å². The summed E-state index contributed by atoms with van der Waals surface area (Å²) in [6, 6.07) is 6.60. The van der Waals surface area contributed by atoms with Gasteiger partial charge in [0.15, 0.2) is 11.6 Å². The Morgan fingerprint density at radius 3 is 2.87 bits per heavy atom. The highest BCUT2D eigenvalue weighted by Crippen LogP contribution is 2.38. The van der Waals surface area contributed by atoms with Crippen LogP contribution in [0.2, 0.25) is 0 Å². The predicted molar refractivity (Wildman–Crippen MR) is 116 cm³/mol. The number of aromatic nitrogens is 5. The largest absolute Gasteiger partial charge is 0.482 e. The van der Waals surface area contributed by atoms with E-state index in [-0.39, 0.29) is 11.6 Å².